The molecule has 0 bridgehead atoms. The van der Waals surface area contributed by atoms with Crippen molar-refractivity contribution in [1.29, 1.82) is 0 Å². The summed E-state index contributed by atoms with van der Waals surface area (Å²) in [7, 11) is -6.63. The predicted octanol–water partition coefficient (Wildman–Crippen LogP) is 3.31. The molecule has 5 rings (SSSR count). The summed E-state index contributed by atoms with van der Waals surface area (Å²) < 4.78 is 89.3. The molecule has 0 unspecified atom stereocenters. The Hall–Kier alpha value is -3.56. The van der Waals surface area contributed by atoms with Crippen molar-refractivity contribution in [3.8, 4) is 5.75 Å². The summed E-state index contributed by atoms with van der Waals surface area (Å²) >= 11 is 0. The molecule has 11 nitrogen and oxygen atoms in total. The smallest absolute Gasteiger partial charge is 0.324 e. The summed E-state index contributed by atoms with van der Waals surface area (Å²) in [6.07, 6.45) is 0.0938. The number of rotatable bonds is 12. The summed E-state index contributed by atoms with van der Waals surface area (Å²) in [5.41, 5.74) is 4.25. The van der Waals surface area contributed by atoms with Gasteiger partial charge in [0, 0.05) is 18.8 Å². The minimum absolute atomic E-state index is 0.0139. The van der Waals surface area contributed by atoms with Crippen LogP contribution in [0.1, 0.15) is 25.6 Å². The van der Waals surface area contributed by atoms with Crippen molar-refractivity contribution in [2.24, 2.45) is 7.05 Å². The van der Waals surface area contributed by atoms with Gasteiger partial charge < -0.3 is 14.2 Å². The Balaban J connectivity index is 1.59. The molecule has 4 aromatic rings. The van der Waals surface area contributed by atoms with Gasteiger partial charge in [-0.25, -0.2) is 17.6 Å². The van der Waals surface area contributed by atoms with Crippen molar-refractivity contribution in [3.63, 3.8) is 0 Å². The van der Waals surface area contributed by atoms with Crippen molar-refractivity contribution in [2.75, 3.05) is 29.5 Å². The summed E-state index contributed by atoms with van der Waals surface area (Å²) in [4.78, 5) is 1.60. The topological polar surface area (TPSA) is 134 Å². The normalized spacial score (nSPS) is 14.9. The number of para-hydroxylation sites is 2. The molecule has 1 N–H and O–H groups in total. The summed E-state index contributed by atoms with van der Waals surface area (Å²) in [5.74, 6) is -1.24. The first-order chi connectivity index (χ1) is 20.0. The van der Waals surface area contributed by atoms with Crippen LogP contribution in [-0.2, 0) is 38.1 Å². The lowest BCUT2D eigenvalue weighted by molar-refractivity contribution is -0.648. The average molecular weight is 619 g/mol. The predicted molar refractivity (Wildman–Crippen MR) is 155 cm³/mol. The number of halogens is 1. The number of aryl methyl sites for hydroxylation is 2. The van der Waals surface area contributed by atoms with E-state index in [1.165, 1.54) is 0 Å². The molecule has 1 aliphatic heterocycles. The van der Waals surface area contributed by atoms with Crippen molar-refractivity contribution < 1.29 is 39.4 Å². The highest BCUT2D eigenvalue weighted by molar-refractivity contribution is 7.86. The zero-order valence-corrected chi connectivity index (χ0v) is 24.8. The van der Waals surface area contributed by atoms with Crippen molar-refractivity contribution >= 4 is 53.6 Å². The van der Waals surface area contributed by atoms with Gasteiger partial charge in [-0.2, -0.15) is 22.6 Å². The van der Waals surface area contributed by atoms with Crippen LogP contribution in [0.2, 0.25) is 0 Å². The molecule has 0 amide bonds. The van der Waals surface area contributed by atoms with E-state index >= 15 is 4.39 Å². The minimum Gasteiger partial charge on any atom is -0.748 e. The van der Waals surface area contributed by atoms with Crippen LogP contribution in [0.25, 0.3) is 27.6 Å². The number of aromatic nitrogens is 2. The van der Waals surface area contributed by atoms with Gasteiger partial charge >= 0.3 is 5.82 Å². The third-order valence-corrected chi connectivity index (χ3v) is 8.89. The summed E-state index contributed by atoms with van der Waals surface area (Å²) in [6.45, 7) is 2.18. The number of hydrogen-bond donors (Lipinski definition) is 1. The number of nitrogens with zero attached hydrogens (tertiary/aromatic N) is 3. The lowest BCUT2D eigenvalue weighted by atomic mass is 10.1. The van der Waals surface area contributed by atoms with Gasteiger partial charge in [-0.3, -0.25) is 0 Å². The van der Waals surface area contributed by atoms with Crippen LogP contribution >= 0.6 is 0 Å². The number of hydroxylamine groups is 1. The second kappa shape index (κ2) is 12.0. The Kier molecular flexibility index (Phi) is 8.53. The highest BCUT2D eigenvalue weighted by Gasteiger charge is 2.37. The number of anilines is 1. The molecule has 14 heteroatoms. The number of hydrogen-bond acceptors (Lipinski definition) is 9. The molecule has 42 heavy (non-hydrogen) atoms. The Bertz CT molecular complexity index is 1890. The van der Waals surface area contributed by atoms with Crippen LogP contribution in [0.4, 0.5) is 10.1 Å². The van der Waals surface area contributed by atoms with E-state index in [0.717, 1.165) is 10.8 Å². The number of fused-ring (bicyclic) bond motifs is 3. The molecule has 2 heterocycles. The van der Waals surface area contributed by atoms with Crippen LogP contribution in [0.5, 0.6) is 5.75 Å². The number of imidazole rings is 1. The minimum atomic E-state index is -4.45. The second-order valence-electron chi connectivity index (χ2n) is 9.87. The maximum Gasteiger partial charge on any atom is 0.324 e. The van der Waals surface area contributed by atoms with Crippen molar-refractivity contribution in [1.82, 2.24) is 10.0 Å². The maximum atomic E-state index is 16.8. The van der Waals surface area contributed by atoms with Crippen LogP contribution in [0, 0.1) is 0 Å². The zero-order chi connectivity index (χ0) is 30.1. The first-order valence-corrected chi connectivity index (χ1v) is 16.6. The van der Waals surface area contributed by atoms with E-state index in [1.807, 2.05) is 36.4 Å². The lowest BCUT2D eigenvalue weighted by Crippen LogP contribution is -2.34. The largest absolute Gasteiger partial charge is 0.748 e. The van der Waals surface area contributed by atoms with E-state index in [1.54, 1.807) is 52.3 Å². The fourth-order valence-electron chi connectivity index (χ4n) is 5.12. The van der Waals surface area contributed by atoms with E-state index in [-0.39, 0.29) is 43.4 Å². The SMILES string of the molecule is CCNOS(=O)(=O)CCCN1C(=C(F)c2n(CCCS(=O)(=O)[O-])c3ccccc3[n+]2C)Oc2cc3ccccc3cc21. The molecule has 0 fully saturated rings. The second-order valence-corrected chi connectivity index (χ2v) is 13.1. The monoisotopic (exact) mass is 618 g/mol. The van der Waals surface area contributed by atoms with Crippen LogP contribution in [0.15, 0.2) is 66.5 Å². The van der Waals surface area contributed by atoms with E-state index in [2.05, 4.69) is 5.48 Å². The molecular formula is C28H31FN4O7S2. The van der Waals surface area contributed by atoms with Crippen LogP contribution in [-0.4, -0.2) is 50.6 Å². The Morgan fingerprint density at radius 2 is 1.67 bits per heavy atom. The Morgan fingerprint density at radius 1 is 1.00 bits per heavy atom. The van der Waals surface area contributed by atoms with Gasteiger partial charge in [0.25, 0.3) is 15.9 Å². The lowest BCUT2D eigenvalue weighted by Gasteiger charge is -2.19. The standard InChI is InChI=1S/C28H31FN4O7S2/c1-3-30-40-42(37,38)17-9-15-33-24-18-20-10-4-5-11-21(20)19-25(24)39-28(33)26(29)27-31(2)22-12-6-7-13-23(22)32(27)14-8-16-41(34,35)36/h4-7,10-13,18-19,30H,3,8-9,14-17H2,1-2H3. The van der Waals surface area contributed by atoms with Gasteiger partial charge in [-0.1, -0.05) is 43.3 Å². The van der Waals surface area contributed by atoms with E-state index in [4.69, 9.17) is 9.02 Å². The van der Waals surface area contributed by atoms with E-state index < -0.39 is 31.8 Å². The van der Waals surface area contributed by atoms with Crippen LogP contribution < -0.4 is 19.7 Å². The van der Waals surface area contributed by atoms with Crippen molar-refractivity contribution in [3.05, 3.63) is 72.4 Å². The van der Waals surface area contributed by atoms with Crippen LogP contribution in [0.3, 0.4) is 0 Å². The third-order valence-electron chi connectivity index (χ3n) is 6.94. The average Bonchev–Trinajstić information content (AvgIpc) is 3.44. The molecular weight excluding hydrogens is 587 g/mol. The quantitative estimate of drug-likeness (QED) is 0.144. The molecule has 0 saturated carbocycles. The van der Waals surface area contributed by atoms with Gasteiger partial charge in [-0.05, 0) is 47.9 Å². The third kappa shape index (κ3) is 6.27. The first-order valence-electron chi connectivity index (χ1n) is 13.4. The van der Waals surface area contributed by atoms with E-state index in [0.29, 0.717) is 29.0 Å². The highest BCUT2D eigenvalue weighted by atomic mass is 32.2. The molecule has 3 aromatic carbocycles. The van der Waals surface area contributed by atoms with Gasteiger partial charge in [0.15, 0.2) is 16.8 Å². The molecule has 1 aromatic heterocycles. The Labute approximate surface area is 243 Å². The van der Waals surface area contributed by atoms with Gasteiger partial charge in [0.05, 0.1) is 35.2 Å². The molecule has 224 valence electrons. The van der Waals surface area contributed by atoms with E-state index in [9.17, 15) is 21.4 Å². The van der Waals surface area contributed by atoms with Gasteiger partial charge in [-0.15, -0.1) is 0 Å². The zero-order valence-electron chi connectivity index (χ0n) is 23.1. The fraction of sp³-hybridized carbons (Fsp3) is 0.321. The molecule has 1 aliphatic rings. The number of ether oxygens (including phenoxy) is 1. The molecule has 0 radical (unpaired) electrons. The first kappa shape index (κ1) is 29.9. The molecule has 0 atom stereocenters. The summed E-state index contributed by atoms with van der Waals surface area (Å²) in [5, 5.41) is 1.78. The number of benzene rings is 3. The molecule has 0 aliphatic carbocycles. The molecule has 0 saturated heterocycles. The Morgan fingerprint density at radius 3 is 2.38 bits per heavy atom. The fourth-order valence-corrected chi connectivity index (χ4v) is 6.46. The highest BCUT2D eigenvalue weighted by Crippen LogP contribution is 2.44. The molecule has 0 spiro atoms. The van der Waals surface area contributed by atoms with Gasteiger partial charge in [0.2, 0.25) is 5.88 Å². The number of nitrogens with one attached hydrogen (secondary N) is 1. The van der Waals surface area contributed by atoms with Gasteiger partial charge in [0.1, 0.15) is 0 Å². The summed E-state index contributed by atoms with van der Waals surface area (Å²) in [6, 6.07) is 18.4. The maximum absolute atomic E-state index is 16.8. The van der Waals surface area contributed by atoms with Crippen molar-refractivity contribution in [2.45, 2.75) is 26.3 Å².